The number of hydrogen-bond donors (Lipinski definition) is 1. The molecule has 2 aliphatic heterocycles. The minimum atomic E-state index is -0.0613. The van der Waals surface area contributed by atoms with E-state index in [1.54, 1.807) is 12.1 Å². The van der Waals surface area contributed by atoms with Crippen LogP contribution in [-0.2, 0) is 6.54 Å². The number of amides is 1. The van der Waals surface area contributed by atoms with Crippen LogP contribution in [0.15, 0.2) is 46.0 Å². The first kappa shape index (κ1) is 23.2. The highest BCUT2D eigenvalue weighted by Gasteiger charge is 2.25. The Labute approximate surface area is 199 Å². The lowest BCUT2D eigenvalue weighted by atomic mass is 10.2. The second kappa shape index (κ2) is 11.3. The molecule has 1 aromatic heterocycles. The molecule has 1 saturated heterocycles. The molecule has 1 N–H and O–H groups in total. The molecule has 0 aliphatic carbocycles. The van der Waals surface area contributed by atoms with E-state index in [1.165, 1.54) is 6.26 Å². The number of carbonyl (C=O) groups is 1. The van der Waals surface area contributed by atoms with Crippen LogP contribution >= 0.6 is 24.0 Å². The Kier molecular flexibility index (Phi) is 8.44. The van der Waals surface area contributed by atoms with Gasteiger partial charge in [0.05, 0.1) is 26.0 Å². The normalized spacial score (nSPS) is 16.4. The summed E-state index contributed by atoms with van der Waals surface area (Å²) in [6, 6.07) is 9.43. The fraction of sp³-hybridized carbons (Fsp3) is 0.455. The van der Waals surface area contributed by atoms with Gasteiger partial charge in [0.25, 0.3) is 5.91 Å². The van der Waals surface area contributed by atoms with Crippen LogP contribution in [0.5, 0.6) is 11.5 Å². The molecule has 0 unspecified atom stereocenters. The second-order valence-electron chi connectivity index (χ2n) is 7.26. The van der Waals surface area contributed by atoms with Crippen LogP contribution in [0.1, 0.15) is 29.5 Å². The van der Waals surface area contributed by atoms with E-state index in [1.807, 2.05) is 23.1 Å². The molecular weight excluding hydrogens is 511 g/mol. The summed E-state index contributed by atoms with van der Waals surface area (Å²) in [5.74, 6) is 2.77. The van der Waals surface area contributed by atoms with Gasteiger partial charge in [-0.1, -0.05) is 6.07 Å². The highest BCUT2D eigenvalue weighted by molar-refractivity contribution is 14.0. The van der Waals surface area contributed by atoms with Crippen molar-refractivity contribution in [1.82, 2.24) is 15.1 Å². The number of benzene rings is 1. The van der Waals surface area contributed by atoms with Crippen molar-refractivity contribution in [3.8, 4) is 11.5 Å². The van der Waals surface area contributed by atoms with E-state index in [-0.39, 0.29) is 29.9 Å². The van der Waals surface area contributed by atoms with Crippen molar-refractivity contribution in [2.24, 2.45) is 4.99 Å². The third-order valence-corrected chi connectivity index (χ3v) is 5.16. The summed E-state index contributed by atoms with van der Waals surface area (Å²) in [6.07, 6.45) is 2.42. The lowest BCUT2D eigenvalue weighted by molar-refractivity contribution is 0.0657. The predicted molar refractivity (Wildman–Crippen MR) is 128 cm³/mol. The third-order valence-electron chi connectivity index (χ3n) is 5.16. The van der Waals surface area contributed by atoms with Crippen molar-refractivity contribution < 1.29 is 18.7 Å². The van der Waals surface area contributed by atoms with Crippen molar-refractivity contribution in [2.75, 3.05) is 45.9 Å². The number of halogens is 1. The van der Waals surface area contributed by atoms with Crippen LogP contribution in [0.4, 0.5) is 0 Å². The van der Waals surface area contributed by atoms with Crippen LogP contribution < -0.4 is 14.8 Å². The van der Waals surface area contributed by atoms with Gasteiger partial charge in [-0.3, -0.25) is 4.79 Å². The number of fused-ring (bicyclic) bond motifs is 1. The number of rotatable bonds is 4. The van der Waals surface area contributed by atoms with E-state index in [9.17, 15) is 4.79 Å². The van der Waals surface area contributed by atoms with Gasteiger partial charge in [-0.2, -0.15) is 0 Å². The van der Waals surface area contributed by atoms with Gasteiger partial charge in [0.1, 0.15) is 0 Å². The average Bonchev–Trinajstić information content (AvgIpc) is 3.22. The molecule has 0 radical (unpaired) electrons. The smallest absolute Gasteiger partial charge is 0.289 e. The number of nitrogens with zero attached hydrogens (tertiary/aromatic N) is 3. The minimum absolute atomic E-state index is 0. The molecule has 2 aromatic rings. The first-order valence-electron chi connectivity index (χ1n) is 10.5. The molecular formula is C22H29IN4O4. The van der Waals surface area contributed by atoms with Crippen molar-refractivity contribution in [3.63, 3.8) is 0 Å². The van der Waals surface area contributed by atoms with Gasteiger partial charge in [-0.05, 0) is 36.8 Å². The summed E-state index contributed by atoms with van der Waals surface area (Å²) >= 11 is 0. The maximum absolute atomic E-state index is 12.5. The fourth-order valence-corrected chi connectivity index (χ4v) is 3.58. The molecule has 8 nitrogen and oxygen atoms in total. The van der Waals surface area contributed by atoms with Gasteiger partial charge in [0, 0.05) is 39.1 Å². The Morgan fingerprint density at radius 2 is 1.81 bits per heavy atom. The second-order valence-corrected chi connectivity index (χ2v) is 7.26. The molecule has 3 heterocycles. The molecule has 0 saturated carbocycles. The van der Waals surface area contributed by atoms with Crippen LogP contribution in [0.25, 0.3) is 0 Å². The molecule has 168 valence electrons. The third kappa shape index (κ3) is 5.84. The zero-order valence-electron chi connectivity index (χ0n) is 17.7. The Hall–Kier alpha value is -2.43. The Morgan fingerprint density at radius 1 is 1.06 bits per heavy atom. The molecule has 1 fully saturated rings. The van der Waals surface area contributed by atoms with E-state index in [0.29, 0.717) is 38.6 Å². The SMILES string of the molecule is CCNC(=NCc1ccc2c(c1)OCCCO2)N1CCN(C(=O)c2ccco2)CC1.I. The van der Waals surface area contributed by atoms with Gasteiger partial charge >= 0.3 is 0 Å². The number of ether oxygens (including phenoxy) is 2. The Bertz CT molecular complexity index is 880. The topological polar surface area (TPSA) is 79.5 Å². The summed E-state index contributed by atoms with van der Waals surface area (Å²) < 4.78 is 16.7. The number of aliphatic imine (C=N–C) groups is 1. The first-order chi connectivity index (χ1) is 14.7. The largest absolute Gasteiger partial charge is 0.490 e. The molecule has 0 spiro atoms. The molecule has 4 rings (SSSR count). The minimum Gasteiger partial charge on any atom is -0.490 e. The number of carbonyl (C=O) groups excluding carboxylic acids is 1. The van der Waals surface area contributed by atoms with Crippen LogP contribution in [0, 0.1) is 0 Å². The van der Waals surface area contributed by atoms with Crippen molar-refractivity contribution in [3.05, 3.63) is 47.9 Å². The van der Waals surface area contributed by atoms with E-state index < -0.39 is 0 Å². The molecule has 0 atom stereocenters. The van der Waals surface area contributed by atoms with E-state index in [2.05, 4.69) is 17.1 Å². The average molecular weight is 540 g/mol. The molecule has 1 aromatic carbocycles. The van der Waals surface area contributed by atoms with Gasteiger partial charge < -0.3 is 29.0 Å². The lowest BCUT2D eigenvalue weighted by Crippen LogP contribution is -2.53. The number of nitrogens with one attached hydrogen (secondary N) is 1. The van der Waals surface area contributed by atoms with Gasteiger partial charge in [0.2, 0.25) is 0 Å². The Balaban J connectivity index is 0.00000272. The molecule has 1 amide bonds. The zero-order chi connectivity index (χ0) is 20.8. The molecule has 9 heteroatoms. The summed E-state index contributed by atoms with van der Waals surface area (Å²) in [6.45, 7) is 7.45. The van der Waals surface area contributed by atoms with Gasteiger partial charge in [0.15, 0.2) is 23.2 Å². The van der Waals surface area contributed by atoms with Crippen LogP contribution in [-0.4, -0.2) is 67.6 Å². The van der Waals surface area contributed by atoms with Gasteiger partial charge in [-0.25, -0.2) is 4.99 Å². The number of furan rings is 1. The van der Waals surface area contributed by atoms with Crippen molar-refractivity contribution in [1.29, 1.82) is 0 Å². The summed E-state index contributed by atoms with van der Waals surface area (Å²) in [5, 5.41) is 3.36. The van der Waals surface area contributed by atoms with Crippen LogP contribution in [0.2, 0.25) is 0 Å². The predicted octanol–water partition coefficient (Wildman–Crippen LogP) is 2.98. The van der Waals surface area contributed by atoms with E-state index >= 15 is 0 Å². The maximum Gasteiger partial charge on any atom is 0.289 e. The maximum atomic E-state index is 12.5. The first-order valence-corrected chi connectivity index (χ1v) is 10.5. The summed E-state index contributed by atoms with van der Waals surface area (Å²) in [7, 11) is 0. The highest BCUT2D eigenvalue weighted by atomic mass is 127. The highest BCUT2D eigenvalue weighted by Crippen LogP contribution is 2.30. The summed E-state index contributed by atoms with van der Waals surface area (Å²) in [5.41, 5.74) is 1.07. The monoisotopic (exact) mass is 540 g/mol. The number of guanidine groups is 1. The zero-order valence-corrected chi connectivity index (χ0v) is 20.0. The standard InChI is InChI=1S/C22H28N4O4.HI/c1-2-23-22(24-16-17-6-7-18-20(15-17)30-14-4-13-28-18)26-10-8-25(9-11-26)21(27)19-5-3-12-29-19;/h3,5-7,12,15H,2,4,8-11,13-14,16H2,1H3,(H,23,24);1H. The van der Waals surface area contributed by atoms with Crippen molar-refractivity contribution >= 4 is 35.8 Å². The molecule has 0 bridgehead atoms. The summed E-state index contributed by atoms with van der Waals surface area (Å²) in [4.78, 5) is 21.3. The number of hydrogen-bond acceptors (Lipinski definition) is 5. The van der Waals surface area contributed by atoms with E-state index in [4.69, 9.17) is 18.9 Å². The fourth-order valence-electron chi connectivity index (χ4n) is 3.58. The van der Waals surface area contributed by atoms with E-state index in [0.717, 1.165) is 49.1 Å². The number of piperazine rings is 1. The van der Waals surface area contributed by atoms with Gasteiger partial charge in [-0.15, -0.1) is 24.0 Å². The molecule has 31 heavy (non-hydrogen) atoms. The van der Waals surface area contributed by atoms with Crippen molar-refractivity contribution in [2.45, 2.75) is 19.9 Å². The molecule has 2 aliphatic rings. The Morgan fingerprint density at radius 3 is 2.52 bits per heavy atom. The quantitative estimate of drug-likeness (QED) is 0.365. The lowest BCUT2D eigenvalue weighted by Gasteiger charge is -2.36. The van der Waals surface area contributed by atoms with Crippen LogP contribution in [0.3, 0.4) is 0 Å².